The molecule has 1 heteroatoms. The summed E-state index contributed by atoms with van der Waals surface area (Å²) in [5, 5.41) is 0. The van der Waals surface area contributed by atoms with Crippen molar-refractivity contribution >= 4 is 5.71 Å². The van der Waals surface area contributed by atoms with E-state index < -0.39 is 5.54 Å². The highest BCUT2D eigenvalue weighted by Crippen LogP contribution is 2.34. The third kappa shape index (κ3) is 3.65. The number of nitrogens with zero attached hydrogens (tertiary/aromatic N) is 1. The monoisotopic (exact) mass is 362 g/mol. The van der Waals surface area contributed by atoms with Crippen molar-refractivity contribution in [1.82, 2.24) is 0 Å². The van der Waals surface area contributed by atoms with E-state index >= 15 is 0 Å². The fourth-order valence-corrected chi connectivity index (χ4v) is 3.53. The number of benzene rings is 4. The molecule has 4 aromatic carbocycles. The van der Waals surface area contributed by atoms with Crippen molar-refractivity contribution in [3.05, 3.63) is 144 Å². The summed E-state index contributed by atoms with van der Waals surface area (Å²) in [6, 6.07) is 41.9. The summed E-state index contributed by atoms with van der Waals surface area (Å²) in [4.78, 5) is 5.41. The number of hydrogen-bond donors (Lipinski definition) is 0. The van der Waals surface area contributed by atoms with Gasteiger partial charge in [0.15, 0.2) is 0 Å². The van der Waals surface area contributed by atoms with Crippen molar-refractivity contribution in [2.24, 2.45) is 4.99 Å². The summed E-state index contributed by atoms with van der Waals surface area (Å²) in [5.74, 6) is 0. The van der Waals surface area contributed by atoms with Crippen LogP contribution in [0.2, 0.25) is 0 Å². The van der Waals surface area contributed by atoms with Gasteiger partial charge in [-0.15, -0.1) is 0 Å². The number of aliphatic imine (C=N–C) groups is 1. The zero-order chi connectivity index (χ0) is 19.2. The Morgan fingerprint density at radius 2 is 0.821 bits per heavy atom. The lowest BCUT2D eigenvalue weighted by Crippen LogP contribution is -2.24. The molecule has 0 saturated heterocycles. The van der Waals surface area contributed by atoms with Crippen LogP contribution >= 0.6 is 0 Å². The first-order valence-corrected chi connectivity index (χ1v) is 9.59. The van der Waals surface area contributed by atoms with Gasteiger partial charge in [0, 0.05) is 11.1 Å². The van der Waals surface area contributed by atoms with Gasteiger partial charge in [-0.2, -0.15) is 0 Å². The lowest BCUT2D eigenvalue weighted by Gasteiger charge is -2.28. The van der Waals surface area contributed by atoms with Crippen LogP contribution in [-0.2, 0) is 5.54 Å². The molecular formula is C27H23N. The molecule has 0 aliphatic carbocycles. The fourth-order valence-electron chi connectivity index (χ4n) is 3.53. The van der Waals surface area contributed by atoms with Crippen molar-refractivity contribution in [3.63, 3.8) is 0 Å². The maximum absolute atomic E-state index is 5.41. The summed E-state index contributed by atoms with van der Waals surface area (Å²) >= 11 is 0. The Morgan fingerprint density at radius 3 is 1.18 bits per heavy atom. The molecule has 136 valence electrons. The van der Waals surface area contributed by atoms with Gasteiger partial charge in [-0.05, 0) is 18.1 Å². The van der Waals surface area contributed by atoms with Crippen LogP contribution in [0.15, 0.2) is 126 Å². The van der Waals surface area contributed by atoms with Crippen molar-refractivity contribution < 1.29 is 0 Å². The van der Waals surface area contributed by atoms with Gasteiger partial charge in [0.05, 0.1) is 5.71 Å². The third-order valence-electron chi connectivity index (χ3n) is 5.10. The minimum absolute atomic E-state index is 0.496. The lowest BCUT2D eigenvalue weighted by atomic mass is 9.86. The van der Waals surface area contributed by atoms with Crippen LogP contribution in [0.25, 0.3) is 0 Å². The van der Waals surface area contributed by atoms with Crippen LogP contribution in [0.5, 0.6) is 0 Å². The van der Waals surface area contributed by atoms with E-state index in [0.717, 1.165) is 16.8 Å². The maximum atomic E-state index is 5.41. The molecule has 4 aromatic rings. The van der Waals surface area contributed by atoms with Gasteiger partial charge < -0.3 is 0 Å². The molecule has 0 heterocycles. The van der Waals surface area contributed by atoms with E-state index in [0.29, 0.717) is 0 Å². The second-order valence-electron chi connectivity index (χ2n) is 7.00. The number of hydrogen-bond acceptors (Lipinski definition) is 1. The van der Waals surface area contributed by atoms with E-state index in [1.54, 1.807) is 0 Å². The van der Waals surface area contributed by atoms with E-state index in [2.05, 4.69) is 104 Å². The predicted octanol–water partition coefficient (Wildman–Crippen LogP) is 6.49. The SMILES string of the molecule is CC([15N]=C(c1ccccc1)c1ccccc1)(c1ccccc1)c1ccccc1. The van der Waals surface area contributed by atoms with E-state index in [1.165, 1.54) is 11.1 Å². The van der Waals surface area contributed by atoms with Crippen molar-refractivity contribution in [2.45, 2.75) is 12.5 Å². The minimum Gasteiger partial charge on any atom is -0.268 e. The predicted molar refractivity (Wildman–Crippen MR) is 118 cm³/mol. The van der Waals surface area contributed by atoms with Gasteiger partial charge in [0.25, 0.3) is 0 Å². The van der Waals surface area contributed by atoms with Gasteiger partial charge in [-0.3, -0.25) is 4.99 Å². The fraction of sp³-hybridized carbons (Fsp3) is 0.0741. The summed E-state index contributed by atoms with van der Waals surface area (Å²) in [6.45, 7) is 2.20. The van der Waals surface area contributed by atoms with Crippen LogP contribution in [0, 0.1) is 0 Å². The van der Waals surface area contributed by atoms with E-state index in [9.17, 15) is 0 Å². The Bertz CT molecular complexity index is 955. The topological polar surface area (TPSA) is 12.4 Å². The molecule has 0 saturated carbocycles. The molecule has 0 aliphatic rings. The highest BCUT2D eigenvalue weighted by Gasteiger charge is 2.29. The average molecular weight is 362 g/mol. The summed E-state index contributed by atoms with van der Waals surface area (Å²) in [5.41, 5.74) is 5.08. The molecule has 0 spiro atoms. The third-order valence-corrected chi connectivity index (χ3v) is 5.10. The zero-order valence-electron chi connectivity index (χ0n) is 16.0. The standard InChI is InChI=1S/C27H23N/c1-27(24-18-10-4-11-19-24,25-20-12-5-13-21-25)28-26(22-14-6-2-7-15-22)23-16-8-3-9-17-23/h2-21H,1H3/i28+1. The van der Waals surface area contributed by atoms with Crippen LogP contribution in [0.3, 0.4) is 0 Å². The Hall–Kier alpha value is -3.45. The van der Waals surface area contributed by atoms with Crippen LogP contribution in [-0.4, -0.2) is 5.71 Å². The molecule has 0 amide bonds. The molecule has 0 aliphatic heterocycles. The van der Waals surface area contributed by atoms with Crippen LogP contribution in [0.1, 0.15) is 29.2 Å². The maximum Gasteiger partial charge on any atom is 0.109 e. The van der Waals surface area contributed by atoms with Gasteiger partial charge in [0.1, 0.15) is 5.54 Å². The second-order valence-corrected chi connectivity index (χ2v) is 7.00. The van der Waals surface area contributed by atoms with Gasteiger partial charge in [-0.1, -0.05) is 121 Å². The van der Waals surface area contributed by atoms with Gasteiger partial charge in [0.2, 0.25) is 0 Å². The first kappa shape index (κ1) is 17.9. The molecule has 0 bridgehead atoms. The molecule has 0 N–H and O–H groups in total. The normalized spacial score (nSPS) is 11.0. The summed E-state index contributed by atoms with van der Waals surface area (Å²) in [7, 11) is 0. The lowest BCUT2D eigenvalue weighted by molar-refractivity contribution is 0.607. The Morgan fingerprint density at radius 1 is 0.500 bits per heavy atom. The molecule has 0 radical (unpaired) electrons. The molecular weight excluding hydrogens is 339 g/mol. The summed E-state index contributed by atoms with van der Waals surface area (Å²) in [6.07, 6.45) is 0. The largest absolute Gasteiger partial charge is 0.268 e. The van der Waals surface area contributed by atoms with Crippen LogP contribution < -0.4 is 0 Å². The minimum atomic E-state index is -0.496. The average Bonchev–Trinajstić information content (AvgIpc) is 2.80. The first-order chi connectivity index (χ1) is 13.8. The quantitative estimate of drug-likeness (QED) is 0.284. The first-order valence-electron chi connectivity index (χ1n) is 9.59. The highest BCUT2D eigenvalue weighted by atomic mass is 15.6. The van der Waals surface area contributed by atoms with Crippen molar-refractivity contribution in [3.8, 4) is 0 Å². The molecule has 0 fully saturated rings. The molecule has 0 aromatic heterocycles. The molecule has 1 nitrogen and oxygen atoms in total. The molecule has 28 heavy (non-hydrogen) atoms. The Balaban J connectivity index is 1.97. The molecule has 0 atom stereocenters. The van der Waals surface area contributed by atoms with Gasteiger partial charge in [-0.25, -0.2) is 0 Å². The number of rotatable bonds is 5. The van der Waals surface area contributed by atoms with E-state index in [1.807, 2.05) is 24.3 Å². The molecule has 4 rings (SSSR count). The Kier molecular flexibility index (Phi) is 5.16. The second kappa shape index (κ2) is 8.06. The van der Waals surface area contributed by atoms with E-state index in [4.69, 9.17) is 4.99 Å². The molecule has 0 unspecified atom stereocenters. The smallest absolute Gasteiger partial charge is 0.109 e. The zero-order valence-corrected chi connectivity index (χ0v) is 16.0. The van der Waals surface area contributed by atoms with Crippen LogP contribution in [0.4, 0.5) is 0 Å². The highest BCUT2D eigenvalue weighted by molar-refractivity contribution is 6.13. The van der Waals surface area contributed by atoms with Crippen molar-refractivity contribution in [2.75, 3.05) is 0 Å². The van der Waals surface area contributed by atoms with Crippen molar-refractivity contribution in [1.29, 1.82) is 0 Å². The van der Waals surface area contributed by atoms with E-state index in [-0.39, 0.29) is 0 Å². The summed E-state index contributed by atoms with van der Waals surface area (Å²) < 4.78 is 0. The van der Waals surface area contributed by atoms with Gasteiger partial charge >= 0.3 is 0 Å². The Labute approximate surface area is 167 Å².